The molecule has 0 amide bonds. The second-order valence-corrected chi connectivity index (χ2v) is 3.03. The monoisotopic (exact) mass is 182 g/mol. The molecule has 3 heteroatoms. The van der Waals surface area contributed by atoms with Crippen molar-refractivity contribution in [3.63, 3.8) is 0 Å². The van der Waals surface area contributed by atoms with Crippen LogP contribution in [0.25, 0.3) is 0 Å². The molecular formula is C9H10O2S. The summed E-state index contributed by atoms with van der Waals surface area (Å²) in [4.78, 5) is 11.2. The number of hydrogen-bond acceptors (Lipinski definition) is 3. The van der Waals surface area contributed by atoms with Crippen LogP contribution in [0, 0.1) is 0 Å². The molecule has 0 N–H and O–H groups in total. The Balaban J connectivity index is 2.58. The van der Waals surface area contributed by atoms with Crippen LogP contribution in [-0.2, 0) is 4.79 Å². The number of thioether (sulfide) groups is 1. The lowest BCUT2D eigenvalue weighted by Crippen LogP contribution is -1.96. The first kappa shape index (κ1) is 9.13. The summed E-state index contributed by atoms with van der Waals surface area (Å²) in [5, 5.41) is 0. The van der Waals surface area contributed by atoms with Gasteiger partial charge in [0.15, 0.2) is 6.29 Å². The van der Waals surface area contributed by atoms with Gasteiger partial charge in [-0.2, -0.15) is 0 Å². The zero-order valence-corrected chi connectivity index (χ0v) is 7.64. The second kappa shape index (κ2) is 4.83. The Morgan fingerprint density at radius 3 is 2.58 bits per heavy atom. The molecule has 2 nitrogen and oxygen atoms in total. The highest BCUT2D eigenvalue weighted by atomic mass is 32.2. The van der Waals surface area contributed by atoms with Gasteiger partial charge in [-0.3, -0.25) is 4.79 Å². The Bertz CT molecular complexity index is 243. The Morgan fingerprint density at radius 1 is 1.42 bits per heavy atom. The minimum atomic E-state index is 0.124. The molecule has 12 heavy (non-hydrogen) atoms. The SMILES string of the molecule is CSc1ccc(OCC=O)cc1. The zero-order chi connectivity index (χ0) is 8.81. The van der Waals surface area contributed by atoms with Crippen LogP contribution < -0.4 is 4.74 Å². The Labute approximate surface area is 75.9 Å². The molecule has 0 spiro atoms. The number of aldehydes is 1. The van der Waals surface area contributed by atoms with Crippen molar-refractivity contribution in [1.29, 1.82) is 0 Å². The number of carbonyl (C=O) groups is 1. The lowest BCUT2D eigenvalue weighted by atomic mass is 10.3. The van der Waals surface area contributed by atoms with E-state index >= 15 is 0 Å². The molecule has 1 aromatic rings. The molecule has 1 aromatic carbocycles. The summed E-state index contributed by atoms with van der Waals surface area (Å²) in [6.45, 7) is 0.124. The molecule has 0 aliphatic rings. The lowest BCUT2D eigenvalue weighted by molar-refractivity contribution is -0.109. The van der Waals surface area contributed by atoms with Crippen molar-refractivity contribution in [3.05, 3.63) is 24.3 Å². The molecule has 0 aliphatic carbocycles. The van der Waals surface area contributed by atoms with Crippen molar-refractivity contribution in [2.24, 2.45) is 0 Å². The molecule has 1 rings (SSSR count). The predicted molar refractivity (Wildman–Crippen MR) is 49.8 cm³/mol. The van der Waals surface area contributed by atoms with Gasteiger partial charge in [-0.15, -0.1) is 11.8 Å². The van der Waals surface area contributed by atoms with Gasteiger partial charge in [0.1, 0.15) is 12.4 Å². The van der Waals surface area contributed by atoms with Crippen LogP contribution in [0.5, 0.6) is 5.75 Å². The third-order valence-corrected chi connectivity index (χ3v) is 2.12. The van der Waals surface area contributed by atoms with E-state index in [9.17, 15) is 4.79 Å². The average molecular weight is 182 g/mol. The van der Waals surface area contributed by atoms with Crippen LogP contribution in [0.1, 0.15) is 0 Å². The van der Waals surface area contributed by atoms with E-state index in [1.54, 1.807) is 11.8 Å². The molecule has 0 atom stereocenters. The fourth-order valence-electron chi connectivity index (χ4n) is 0.802. The highest BCUT2D eigenvalue weighted by molar-refractivity contribution is 7.98. The van der Waals surface area contributed by atoms with Crippen LogP contribution in [0.2, 0.25) is 0 Å². The largest absolute Gasteiger partial charge is 0.486 e. The normalized spacial score (nSPS) is 9.42. The molecule has 0 bridgehead atoms. The minimum absolute atomic E-state index is 0.124. The maximum atomic E-state index is 9.97. The molecule has 0 radical (unpaired) electrons. The van der Waals surface area contributed by atoms with E-state index in [0.29, 0.717) is 0 Å². The van der Waals surface area contributed by atoms with E-state index in [1.807, 2.05) is 30.5 Å². The molecule has 0 unspecified atom stereocenters. The molecule has 0 saturated heterocycles. The lowest BCUT2D eigenvalue weighted by Gasteiger charge is -2.01. The van der Waals surface area contributed by atoms with Crippen molar-refractivity contribution < 1.29 is 9.53 Å². The molecule has 64 valence electrons. The van der Waals surface area contributed by atoms with E-state index in [1.165, 1.54) is 4.90 Å². The van der Waals surface area contributed by atoms with E-state index in [2.05, 4.69) is 0 Å². The summed E-state index contributed by atoms with van der Waals surface area (Å²) in [5.74, 6) is 0.736. The van der Waals surface area contributed by atoms with Crippen LogP contribution in [0.4, 0.5) is 0 Å². The maximum Gasteiger partial charge on any atom is 0.157 e. The Hall–Kier alpha value is -0.960. The first-order valence-corrected chi connectivity index (χ1v) is 4.80. The van der Waals surface area contributed by atoms with Gasteiger partial charge >= 0.3 is 0 Å². The van der Waals surface area contributed by atoms with Gasteiger partial charge in [0.05, 0.1) is 0 Å². The van der Waals surface area contributed by atoms with Crippen LogP contribution in [0.3, 0.4) is 0 Å². The molecule has 0 aliphatic heterocycles. The van der Waals surface area contributed by atoms with Crippen molar-refractivity contribution in [2.45, 2.75) is 4.90 Å². The number of benzene rings is 1. The summed E-state index contributed by atoms with van der Waals surface area (Å²) in [7, 11) is 0. The van der Waals surface area contributed by atoms with E-state index in [-0.39, 0.29) is 6.61 Å². The fourth-order valence-corrected chi connectivity index (χ4v) is 1.21. The predicted octanol–water partition coefficient (Wildman–Crippen LogP) is 1.99. The summed E-state index contributed by atoms with van der Waals surface area (Å²) < 4.78 is 5.08. The number of carbonyl (C=O) groups excluding carboxylic acids is 1. The molecule has 0 fully saturated rings. The van der Waals surface area contributed by atoms with Crippen molar-refractivity contribution in [2.75, 3.05) is 12.9 Å². The van der Waals surface area contributed by atoms with Crippen LogP contribution in [-0.4, -0.2) is 19.1 Å². The topological polar surface area (TPSA) is 26.3 Å². The highest BCUT2D eigenvalue weighted by Gasteiger charge is 1.92. The van der Waals surface area contributed by atoms with Gasteiger partial charge in [0.2, 0.25) is 0 Å². The van der Waals surface area contributed by atoms with Gasteiger partial charge in [-0.1, -0.05) is 0 Å². The van der Waals surface area contributed by atoms with Gasteiger partial charge in [-0.05, 0) is 30.5 Å². The van der Waals surface area contributed by atoms with E-state index in [0.717, 1.165) is 12.0 Å². The Kier molecular flexibility index (Phi) is 3.67. The van der Waals surface area contributed by atoms with Crippen molar-refractivity contribution in [1.82, 2.24) is 0 Å². The quantitative estimate of drug-likeness (QED) is 0.526. The van der Waals surface area contributed by atoms with E-state index in [4.69, 9.17) is 4.74 Å². The third kappa shape index (κ3) is 2.58. The summed E-state index contributed by atoms with van der Waals surface area (Å²) in [6.07, 6.45) is 2.75. The smallest absolute Gasteiger partial charge is 0.157 e. The van der Waals surface area contributed by atoms with Crippen molar-refractivity contribution >= 4 is 18.0 Å². The molecular weight excluding hydrogens is 172 g/mol. The van der Waals surface area contributed by atoms with Gasteiger partial charge in [0, 0.05) is 4.90 Å². The summed E-state index contributed by atoms with van der Waals surface area (Å²) in [5.41, 5.74) is 0. The van der Waals surface area contributed by atoms with E-state index < -0.39 is 0 Å². The van der Waals surface area contributed by atoms with Gasteiger partial charge in [0.25, 0.3) is 0 Å². The number of ether oxygens (including phenoxy) is 1. The van der Waals surface area contributed by atoms with Gasteiger partial charge < -0.3 is 4.74 Å². The first-order chi connectivity index (χ1) is 5.86. The minimum Gasteiger partial charge on any atom is -0.486 e. The standard InChI is InChI=1S/C9H10O2S/c1-12-9-4-2-8(3-5-9)11-7-6-10/h2-6H,7H2,1H3. The van der Waals surface area contributed by atoms with Crippen LogP contribution in [0.15, 0.2) is 29.2 Å². The Morgan fingerprint density at radius 2 is 2.08 bits per heavy atom. The summed E-state index contributed by atoms with van der Waals surface area (Å²) in [6, 6.07) is 7.64. The van der Waals surface area contributed by atoms with Gasteiger partial charge in [-0.25, -0.2) is 0 Å². The zero-order valence-electron chi connectivity index (χ0n) is 6.82. The summed E-state index contributed by atoms with van der Waals surface area (Å²) >= 11 is 1.68. The average Bonchev–Trinajstić information content (AvgIpc) is 2.15. The maximum absolute atomic E-state index is 9.97. The van der Waals surface area contributed by atoms with Crippen LogP contribution >= 0.6 is 11.8 Å². The third-order valence-electron chi connectivity index (χ3n) is 1.38. The molecule has 0 saturated carbocycles. The molecule has 0 aromatic heterocycles. The highest BCUT2D eigenvalue weighted by Crippen LogP contribution is 2.18. The molecule has 0 heterocycles. The number of rotatable bonds is 4. The first-order valence-electron chi connectivity index (χ1n) is 3.57. The fraction of sp³-hybridized carbons (Fsp3) is 0.222. The second-order valence-electron chi connectivity index (χ2n) is 2.15. The van der Waals surface area contributed by atoms with Crippen molar-refractivity contribution in [3.8, 4) is 5.75 Å². The number of hydrogen-bond donors (Lipinski definition) is 0.